The van der Waals surface area contributed by atoms with Crippen LogP contribution >= 0.6 is 12.6 Å². The predicted molar refractivity (Wildman–Crippen MR) is 59.5 cm³/mol. The van der Waals surface area contributed by atoms with Gasteiger partial charge in [0.25, 0.3) is 0 Å². The highest BCUT2D eigenvalue weighted by molar-refractivity contribution is 7.81. The molecule has 1 saturated carbocycles. The third-order valence-corrected chi connectivity index (χ3v) is 2.93. The molecular weight excluding hydrogens is 198 g/mol. The molecule has 0 heterocycles. The van der Waals surface area contributed by atoms with Crippen molar-refractivity contribution < 1.29 is 9.90 Å². The van der Waals surface area contributed by atoms with Gasteiger partial charge >= 0.3 is 0 Å². The van der Waals surface area contributed by atoms with E-state index in [1.54, 1.807) is 6.92 Å². The fraction of sp³-hybridized carbons (Fsp3) is 0.900. The van der Waals surface area contributed by atoms with Crippen LogP contribution in [0.25, 0.3) is 0 Å². The van der Waals surface area contributed by atoms with Crippen LogP contribution in [0.5, 0.6) is 0 Å². The van der Waals surface area contributed by atoms with Crippen molar-refractivity contribution in [2.24, 2.45) is 0 Å². The van der Waals surface area contributed by atoms with E-state index < -0.39 is 0 Å². The average Bonchev–Trinajstić information content (AvgIpc) is 2.07. The molecule has 0 saturated heterocycles. The van der Waals surface area contributed by atoms with Crippen molar-refractivity contribution >= 4 is 18.5 Å². The summed E-state index contributed by atoms with van der Waals surface area (Å²) in [6.45, 7) is 2.62. The van der Waals surface area contributed by atoms with Crippen LogP contribution in [0, 0.1) is 0 Å². The Labute approximate surface area is 90.9 Å². The number of carbonyl (C=O) groups excluding carboxylic acids is 1. The number of aliphatic hydroxyl groups excluding tert-OH is 1. The summed E-state index contributed by atoms with van der Waals surface area (Å²) in [5.74, 6) is 0.103. The van der Waals surface area contributed by atoms with Crippen LogP contribution in [0.15, 0.2) is 0 Å². The first-order chi connectivity index (χ1) is 6.66. The quantitative estimate of drug-likeness (QED) is 0.676. The van der Waals surface area contributed by atoms with E-state index in [-0.39, 0.29) is 17.8 Å². The van der Waals surface area contributed by atoms with Crippen LogP contribution in [-0.2, 0) is 4.79 Å². The molecule has 0 bridgehead atoms. The van der Waals surface area contributed by atoms with Gasteiger partial charge in [-0.05, 0) is 32.6 Å². The van der Waals surface area contributed by atoms with Gasteiger partial charge in [0, 0.05) is 19.2 Å². The average molecular weight is 217 g/mol. The fourth-order valence-electron chi connectivity index (χ4n) is 1.65. The highest BCUT2D eigenvalue weighted by atomic mass is 32.1. The molecule has 0 radical (unpaired) electrons. The highest BCUT2D eigenvalue weighted by Gasteiger charge is 2.29. The molecule has 0 aromatic carbocycles. The van der Waals surface area contributed by atoms with Gasteiger partial charge in [0.05, 0.1) is 5.25 Å². The maximum absolute atomic E-state index is 11.8. The van der Waals surface area contributed by atoms with Gasteiger partial charge in [-0.1, -0.05) is 0 Å². The van der Waals surface area contributed by atoms with E-state index in [0.29, 0.717) is 19.0 Å². The van der Waals surface area contributed by atoms with Gasteiger partial charge in [-0.15, -0.1) is 0 Å². The zero-order valence-electron chi connectivity index (χ0n) is 8.65. The van der Waals surface area contributed by atoms with E-state index in [1.165, 1.54) is 6.42 Å². The minimum absolute atomic E-state index is 0.103. The largest absolute Gasteiger partial charge is 0.396 e. The Kier molecular flexibility index (Phi) is 4.75. The second-order valence-corrected chi connectivity index (χ2v) is 4.64. The van der Waals surface area contributed by atoms with Crippen LogP contribution in [0.2, 0.25) is 0 Å². The fourth-order valence-corrected chi connectivity index (χ4v) is 1.80. The Hall–Kier alpha value is -0.220. The van der Waals surface area contributed by atoms with Crippen molar-refractivity contribution in [3.63, 3.8) is 0 Å². The molecule has 1 fully saturated rings. The van der Waals surface area contributed by atoms with Crippen LogP contribution < -0.4 is 0 Å². The van der Waals surface area contributed by atoms with E-state index in [4.69, 9.17) is 5.11 Å². The molecule has 1 rings (SSSR count). The number of amides is 1. The van der Waals surface area contributed by atoms with Gasteiger partial charge in [-0.3, -0.25) is 4.79 Å². The summed E-state index contributed by atoms with van der Waals surface area (Å²) in [6, 6.07) is 0.406. The number of hydrogen-bond acceptors (Lipinski definition) is 3. The lowest BCUT2D eigenvalue weighted by Gasteiger charge is -2.38. The summed E-state index contributed by atoms with van der Waals surface area (Å²) in [7, 11) is 0. The maximum Gasteiger partial charge on any atom is 0.235 e. The van der Waals surface area contributed by atoms with Gasteiger partial charge < -0.3 is 10.0 Å². The molecule has 4 heteroatoms. The number of nitrogens with zero attached hydrogens (tertiary/aromatic N) is 1. The molecule has 1 unspecified atom stereocenters. The minimum Gasteiger partial charge on any atom is -0.396 e. The molecule has 0 aromatic rings. The smallest absolute Gasteiger partial charge is 0.235 e. The van der Waals surface area contributed by atoms with E-state index in [1.807, 2.05) is 4.90 Å². The predicted octanol–water partition coefficient (Wildman–Crippen LogP) is 1.07. The Balaban J connectivity index is 2.46. The third-order valence-electron chi connectivity index (χ3n) is 2.71. The van der Waals surface area contributed by atoms with Crippen LogP contribution in [0.1, 0.15) is 32.6 Å². The standard InChI is InChI=1S/C10H19NO2S/c1-8(14)10(13)11(6-3-7-12)9-4-2-5-9/h8-9,12,14H,2-7H2,1H3. The molecule has 0 spiro atoms. The molecule has 14 heavy (non-hydrogen) atoms. The maximum atomic E-state index is 11.8. The van der Waals surface area contributed by atoms with Crippen molar-refractivity contribution in [1.82, 2.24) is 4.90 Å². The second-order valence-electron chi connectivity index (χ2n) is 3.87. The lowest BCUT2D eigenvalue weighted by atomic mass is 9.91. The number of aliphatic hydroxyl groups is 1. The minimum atomic E-state index is -0.228. The normalized spacial score (nSPS) is 18.8. The van der Waals surface area contributed by atoms with Gasteiger partial charge in [0.15, 0.2) is 0 Å². The van der Waals surface area contributed by atoms with Crippen LogP contribution in [0.4, 0.5) is 0 Å². The monoisotopic (exact) mass is 217 g/mol. The van der Waals surface area contributed by atoms with Gasteiger partial charge in [0.1, 0.15) is 0 Å². The Morgan fingerprint density at radius 3 is 2.64 bits per heavy atom. The van der Waals surface area contributed by atoms with Crippen LogP contribution in [-0.4, -0.2) is 40.4 Å². The zero-order chi connectivity index (χ0) is 10.6. The molecule has 1 atom stereocenters. The Bertz CT molecular complexity index is 193. The SMILES string of the molecule is CC(S)C(=O)N(CCCO)C1CCC1. The lowest BCUT2D eigenvalue weighted by molar-refractivity contribution is -0.134. The van der Waals surface area contributed by atoms with Crippen molar-refractivity contribution in [2.45, 2.75) is 43.9 Å². The number of hydrogen-bond donors (Lipinski definition) is 2. The molecule has 82 valence electrons. The number of carbonyl (C=O) groups is 1. The molecule has 1 aliphatic rings. The molecule has 1 aliphatic carbocycles. The topological polar surface area (TPSA) is 40.5 Å². The van der Waals surface area contributed by atoms with Crippen molar-refractivity contribution in [1.29, 1.82) is 0 Å². The van der Waals surface area contributed by atoms with Gasteiger partial charge in [0.2, 0.25) is 5.91 Å². The number of rotatable bonds is 5. The molecule has 1 amide bonds. The van der Waals surface area contributed by atoms with Crippen LogP contribution in [0.3, 0.4) is 0 Å². The highest BCUT2D eigenvalue weighted by Crippen LogP contribution is 2.25. The van der Waals surface area contributed by atoms with E-state index in [2.05, 4.69) is 12.6 Å². The summed E-state index contributed by atoms with van der Waals surface area (Å²) < 4.78 is 0. The molecule has 0 aliphatic heterocycles. The Morgan fingerprint density at radius 1 is 1.64 bits per heavy atom. The summed E-state index contributed by atoms with van der Waals surface area (Å²) in [6.07, 6.45) is 4.10. The van der Waals surface area contributed by atoms with Gasteiger partial charge in [-0.25, -0.2) is 0 Å². The summed E-state index contributed by atoms with van der Waals surface area (Å²) >= 11 is 4.16. The summed E-state index contributed by atoms with van der Waals surface area (Å²) in [4.78, 5) is 13.6. The molecule has 1 N–H and O–H groups in total. The van der Waals surface area contributed by atoms with Gasteiger partial charge in [-0.2, -0.15) is 12.6 Å². The zero-order valence-corrected chi connectivity index (χ0v) is 9.54. The van der Waals surface area contributed by atoms with E-state index in [9.17, 15) is 4.79 Å². The lowest BCUT2D eigenvalue weighted by Crippen LogP contribution is -2.47. The molecule has 3 nitrogen and oxygen atoms in total. The van der Waals surface area contributed by atoms with Crippen molar-refractivity contribution in [2.75, 3.05) is 13.2 Å². The van der Waals surface area contributed by atoms with E-state index >= 15 is 0 Å². The second kappa shape index (κ2) is 5.61. The first-order valence-corrected chi connectivity index (χ1v) is 5.78. The molecule has 0 aromatic heterocycles. The summed E-state index contributed by atoms with van der Waals surface area (Å²) in [5.41, 5.74) is 0. The van der Waals surface area contributed by atoms with Crippen molar-refractivity contribution in [3.8, 4) is 0 Å². The third kappa shape index (κ3) is 2.89. The molecular formula is C10H19NO2S. The first kappa shape index (κ1) is 11.9. The summed E-state index contributed by atoms with van der Waals surface area (Å²) in [5, 5.41) is 8.52. The Morgan fingerprint density at radius 2 is 2.29 bits per heavy atom. The van der Waals surface area contributed by atoms with E-state index in [0.717, 1.165) is 12.8 Å². The first-order valence-electron chi connectivity index (χ1n) is 5.26. The number of thiol groups is 1. The van der Waals surface area contributed by atoms with Crippen molar-refractivity contribution in [3.05, 3.63) is 0 Å².